The van der Waals surface area contributed by atoms with Gasteiger partial charge < -0.3 is 10.1 Å². The van der Waals surface area contributed by atoms with E-state index >= 15 is 0 Å². The molecule has 0 aromatic rings. The largest absolute Gasteiger partial charge is 0.384 e. The Morgan fingerprint density at radius 2 is 2.58 bits per heavy atom. The summed E-state index contributed by atoms with van der Waals surface area (Å²) in [4.78, 5) is 2.72. The summed E-state index contributed by atoms with van der Waals surface area (Å²) in [5.74, 6) is 0.578. The van der Waals surface area contributed by atoms with Gasteiger partial charge in [-0.25, -0.2) is 0 Å². The third kappa shape index (κ3) is 2.70. The van der Waals surface area contributed by atoms with Gasteiger partial charge in [0.25, 0.3) is 0 Å². The van der Waals surface area contributed by atoms with Crippen LogP contribution in [0.2, 0.25) is 0 Å². The van der Waals surface area contributed by atoms with Crippen LogP contribution in [0.15, 0.2) is 5.11 Å². The molecule has 0 aromatic carbocycles. The molecule has 0 aromatic heterocycles. The number of ether oxygens (including phenoxy) is 1. The quantitative estimate of drug-likeness (QED) is 0.387. The van der Waals surface area contributed by atoms with Crippen LogP contribution in [0.25, 0.3) is 10.4 Å². The minimum atomic E-state index is 0.348. The maximum atomic E-state index is 8.10. The second-order valence-electron chi connectivity index (χ2n) is 3.08. The van der Waals surface area contributed by atoms with Crippen molar-refractivity contribution < 1.29 is 4.74 Å². The Morgan fingerprint density at radius 1 is 1.75 bits per heavy atom. The molecule has 1 N–H and O–H groups in total. The van der Waals surface area contributed by atoms with E-state index in [2.05, 4.69) is 15.3 Å². The van der Waals surface area contributed by atoms with E-state index < -0.39 is 0 Å². The van der Waals surface area contributed by atoms with Crippen molar-refractivity contribution in [3.63, 3.8) is 0 Å². The third-order valence-corrected chi connectivity index (χ3v) is 2.08. The summed E-state index contributed by atoms with van der Waals surface area (Å²) >= 11 is 0. The van der Waals surface area contributed by atoms with Gasteiger partial charge >= 0.3 is 0 Å². The molecule has 1 rings (SSSR count). The molecule has 1 saturated heterocycles. The van der Waals surface area contributed by atoms with E-state index in [1.54, 1.807) is 7.11 Å². The van der Waals surface area contributed by atoms with Crippen LogP contribution in [-0.4, -0.2) is 32.8 Å². The Balaban J connectivity index is 2.20. The zero-order valence-corrected chi connectivity index (χ0v) is 7.23. The fourth-order valence-corrected chi connectivity index (χ4v) is 1.54. The first-order valence-electron chi connectivity index (χ1n) is 4.10. The average Bonchev–Trinajstić information content (AvgIpc) is 2.50. The monoisotopic (exact) mass is 170 g/mol. The summed E-state index contributed by atoms with van der Waals surface area (Å²) in [6, 6.07) is 0.348. The van der Waals surface area contributed by atoms with Gasteiger partial charge in [0.05, 0.1) is 6.61 Å². The highest BCUT2D eigenvalue weighted by Crippen LogP contribution is 2.14. The van der Waals surface area contributed by atoms with Crippen molar-refractivity contribution >= 4 is 0 Å². The molecule has 1 heterocycles. The van der Waals surface area contributed by atoms with Crippen LogP contribution in [0.4, 0.5) is 0 Å². The van der Waals surface area contributed by atoms with E-state index in [1.807, 2.05) is 0 Å². The molecule has 0 unspecified atom stereocenters. The fourth-order valence-electron chi connectivity index (χ4n) is 1.54. The number of methoxy groups -OCH3 is 1. The Kier molecular flexibility index (Phi) is 3.87. The molecule has 5 heteroatoms. The van der Waals surface area contributed by atoms with Gasteiger partial charge in [0.2, 0.25) is 0 Å². The van der Waals surface area contributed by atoms with Crippen LogP contribution in [-0.2, 0) is 4.74 Å². The lowest BCUT2D eigenvalue weighted by molar-refractivity contribution is 0.159. The predicted molar refractivity (Wildman–Crippen MR) is 45.8 cm³/mol. The van der Waals surface area contributed by atoms with Gasteiger partial charge in [0.1, 0.15) is 0 Å². The summed E-state index contributed by atoms with van der Waals surface area (Å²) in [6.45, 7) is 2.32. The number of hydrogen-bond donors (Lipinski definition) is 1. The minimum Gasteiger partial charge on any atom is -0.384 e. The molecule has 0 bridgehead atoms. The second-order valence-corrected chi connectivity index (χ2v) is 3.08. The predicted octanol–water partition coefficient (Wildman–Crippen LogP) is 0.921. The van der Waals surface area contributed by atoms with Crippen molar-refractivity contribution in [2.24, 2.45) is 11.0 Å². The normalized spacial score (nSPS) is 28.4. The standard InChI is InChI=1S/C7H14N4O/c1-12-5-6-2-7(9-3-6)4-10-11-8/h6-7,9H,2-5H2,1H3/t6-,7-/m0/s1. The topological polar surface area (TPSA) is 70.0 Å². The van der Waals surface area contributed by atoms with Gasteiger partial charge in [0.15, 0.2) is 0 Å². The minimum absolute atomic E-state index is 0.348. The van der Waals surface area contributed by atoms with Gasteiger partial charge in [-0.1, -0.05) is 5.11 Å². The highest BCUT2D eigenvalue weighted by atomic mass is 16.5. The highest BCUT2D eigenvalue weighted by molar-refractivity contribution is 4.82. The molecule has 68 valence electrons. The zero-order valence-electron chi connectivity index (χ0n) is 7.23. The number of nitrogens with one attached hydrogen (secondary N) is 1. The molecule has 1 aliphatic heterocycles. The SMILES string of the molecule is COC[C@@H]1CN[C@H](CN=[N+]=[N-])C1. The van der Waals surface area contributed by atoms with Crippen molar-refractivity contribution in [2.45, 2.75) is 12.5 Å². The van der Waals surface area contributed by atoms with Crippen molar-refractivity contribution in [2.75, 3.05) is 26.8 Å². The van der Waals surface area contributed by atoms with Crippen molar-refractivity contribution in [1.29, 1.82) is 0 Å². The summed E-state index contributed by atoms with van der Waals surface area (Å²) in [5.41, 5.74) is 8.10. The number of nitrogens with zero attached hydrogens (tertiary/aromatic N) is 3. The van der Waals surface area contributed by atoms with Crippen LogP contribution in [0.3, 0.4) is 0 Å². The summed E-state index contributed by atoms with van der Waals surface area (Å²) in [5, 5.41) is 6.81. The van der Waals surface area contributed by atoms with Gasteiger partial charge in [-0.3, -0.25) is 0 Å². The van der Waals surface area contributed by atoms with E-state index in [0.29, 0.717) is 18.5 Å². The summed E-state index contributed by atoms with van der Waals surface area (Å²) in [7, 11) is 1.71. The maximum absolute atomic E-state index is 8.10. The average molecular weight is 170 g/mol. The van der Waals surface area contributed by atoms with E-state index in [-0.39, 0.29) is 0 Å². The molecule has 5 nitrogen and oxygen atoms in total. The molecular formula is C7H14N4O. The van der Waals surface area contributed by atoms with Crippen LogP contribution < -0.4 is 5.32 Å². The second kappa shape index (κ2) is 4.98. The van der Waals surface area contributed by atoms with Crippen LogP contribution in [0.1, 0.15) is 6.42 Å². The Hall–Kier alpha value is -0.770. The van der Waals surface area contributed by atoms with Crippen molar-refractivity contribution in [1.82, 2.24) is 5.32 Å². The van der Waals surface area contributed by atoms with Crippen LogP contribution in [0.5, 0.6) is 0 Å². The van der Waals surface area contributed by atoms with E-state index in [9.17, 15) is 0 Å². The van der Waals surface area contributed by atoms with Gasteiger partial charge in [-0.05, 0) is 17.9 Å². The van der Waals surface area contributed by atoms with Gasteiger partial charge in [-0.2, -0.15) is 0 Å². The number of hydrogen-bond acceptors (Lipinski definition) is 3. The van der Waals surface area contributed by atoms with E-state index in [0.717, 1.165) is 19.6 Å². The maximum Gasteiger partial charge on any atom is 0.0503 e. The highest BCUT2D eigenvalue weighted by Gasteiger charge is 2.22. The van der Waals surface area contributed by atoms with E-state index in [1.165, 1.54) is 0 Å². The molecule has 0 saturated carbocycles. The van der Waals surface area contributed by atoms with Gasteiger partial charge in [-0.15, -0.1) is 0 Å². The first-order chi connectivity index (χ1) is 5.86. The first kappa shape index (κ1) is 9.32. The fraction of sp³-hybridized carbons (Fsp3) is 1.00. The molecule has 1 fully saturated rings. The number of azide groups is 1. The molecule has 12 heavy (non-hydrogen) atoms. The first-order valence-corrected chi connectivity index (χ1v) is 4.10. The Morgan fingerprint density at radius 3 is 3.25 bits per heavy atom. The molecule has 1 aliphatic rings. The molecule has 0 spiro atoms. The molecule has 0 radical (unpaired) electrons. The Bertz CT molecular complexity index is 178. The smallest absolute Gasteiger partial charge is 0.0503 e. The molecule has 0 aliphatic carbocycles. The molecule has 0 amide bonds. The zero-order chi connectivity index (χ0) is 8.81. The lowest BCUT2D eigenvalue weighted by atomic mass is 10.1. The van der Waals surface area contributed by atoms with Crippen LogP contribution in [0, 0.1) is 5.92 Å². The van der Waals surface area contributed by atoms with Crippen molar-refractivity contribution in [3.8, 4) is 0 Å². The molecular weight excluding hydrogens is 156 g/mol. The Labute approximate surface area is 71.7 Å². The van der Waals surface area contributed by atoms with Gasteiger partial charge in [0, 0.05) is 31.2 Å². The summed E-state index contributed by atoms with van der Waals surface area (Å²) in [6.07, 6.45) is 1.05. The van der Waals surface area contributed by atoms with Crippen molar-refractivity contribution in [3.05, 3.63) is 10.4 Å². The van der Waals surface area contributed by atoms with E-state index in [4.69, 9.17) is 10.3 Å². The summed E-state index contributed by atoms with van der Waals surface area (Å²) < 4.78 is 5.04. The number of rotatable bonds is 4. The lowest BCUT2D eigenvalue weighted by Crippen LogP contribution is -2.23. The third-order valence-electron chi connectivity index (χ3n) is 2.08. The lowest BCUT2D eigenvalue weighted by Gasteiger charge is -2.06. The van der Waals surface area contributed by atoms with Crippen LogP contribution >= 0.6 is 0 Å². The molecule has 2 atom stereocenters.